The molecule has 2 aromatic carbocycles. The molecule has 0 aliphatic carbocycles. The van der Waals surface area contributed by atoms with Gasteiger partial charge in [-0.1, -0.05) is 42.5 Å². The molecule has 7 heteroatoms. The number of hydrogen-bond acceptors (Lipinski definition) is 5. The average Bonchev–Trinajstić information content (AvgIpc) is 2.62. The lowest BCUT2D eigenvalue weighted by molar-refractivity contribution is -0.143. The molecule has 26 heavy (non-hydrogen) atoms. The normalized spacial score (nSPS) is 13.4. The predicted molar refractivity (Wildman–Crippen MR) is 99.7 cm³/mol. The zero-order chi connectivity index (χ0) is 18.9. The maximum Gasteiger partial charge on any atom is 0.322 e. The Morgan fingerprint density at radius 3 is 2.23 bits per heavy atom. The van der Waals surface area contributed by atoms with Gasteiger partial charge in [-0.25, -0.2) is 10.9 Å². The third-order valence-corrected chi connectivity index (χ3v) is 4.23. The van der Waals surface area contributed by atoms with Crippen LogP contribution in [-0.2, 0) is 16.0 Å². The van der Waals surface area contributed by atoms with E-state index in [1.165, 1.54) is 0 Å². The van der Waals surface area contributed by atoms with Crippen LogP contribution in [-0.4, -0.2) is 40.8 Å². The smallest absolute Gasteiger partial charge is 0.322 e. The second kappa shape index (κ2) is 9.86. The van der Waals surface area contributed by atoms with Gasteiger partial charge in [0.05, 0.1) is 0 Å². The molecule has 0 radical (unpaired) electrons. The molecule has 0 aromatic heterocycles. The summed E-state index contributed by atoms with van der Waals surface area (Å²) in [5, 5.41) is 20.8. The molecule has 0 heterocycles. The van der Waals surface area contributed by atoms with Gasteiger partial charge in [-0.15, -0.1) is 0 Å². The highest BCUT2D eigenvalue weighted by Gasteiger charge is 2.22. The van der Waals surface area contributed by atoms with E-state index in [4.69, 9.17) is 5.73 Å². The Morgan fingerprint density at radius 2 is 1.58 bits per heavy atom. The topological polar surface area (TPSA) is 125 Å². The van der Waals surface area contributed by atoms with Gasteiger partial charge in [0.15, 0.2) is 0 Å². The van der Waals surface area contributed by atoms with Crippen molar-refractivity contribution in [3.63, 3.8) is 0 Å². The molecular weight excluding hydrogens is 334 g/mol. The number of rotatable bonds is 11. The van der Waals surface area contributed by atoms with Crippen molar-refractivity contribution >= 4 is 22.7 Å². The van der Waals surface area contributed by atoms with Crippen LogP contribution in [0.15, 0.2) is 42.5 Å². The minimum Gasteiger partial charge on any atom is -0.480 e. The Labute approximate surface area is 152 Å². The number of fused-ring (bicyclic) bond motifs is 1. The number of nitrogens with two attached hydrogens (primary N) is 1. The molecule has 0 unspecified atom stereocenters. The van der Waals surface area contributed by atoms with Crippen LogP contribution in [0.25, 0.3) is 10.8 Å². The molecule has 2 rings (SSSR count). The standard InChI is InChI=1S/C19H25N3O4/c20-10-4-3-7-16(18(23)24)21-22-17(19(25)26)12-13-8-9-14-5-1-2-6-15(14)11-13/h1-2,5-6,8-9,11,16-17,21-22H,3-4,7,10,12,20H2,(H,23,24)(H,25,26)/t16-,17-/m0/s1. The van der Waals surface area contributed by atoms with E-state index in [1.807, 2.05) is 42.5 Å². The second-order valence-corrected chi connectivity index (χ2v) is 6.24. The molecule has 0 saturated carbocycles. The fraction of sp³-hybridized carbons (Fsp3) is 0.368. The predicted octanol–water partition coefficient (Wildman–Crippen LogP) is 1.51. The van der Waals surface area contributed by atoms with Crippen LogP contribution in [0.3, 0.4) is 0 Å². The van der Waals surface area contributed by atoms with E-state index >= 15 is 0 Å². The summed E-state index contributed by atoms with van der Waals surface area (Å²) in [4.78, 5) is 22.8. The van der Waals surface area contributed by atoms with Crippen molar-refractivity contribution in [2.24, 2.45) is 5.73 Å². The first-order chi connectivity index (χ1) is 12.5. The molecule has 140 valence electrons. The Bertz CT molecular complexity index is 750. The van der Waals surface area contributed by atoms with Gasteiger partial charge in [0, 0.05) is 0 Å². The maximum atomic E-state index is 11.5. The Kier molecular flexibility index (Phi) is 7.53. The Balaban J connectivity index is 2.00. The molecule has 0 amide bonds. The molecular formula is C19H25N3O4. The summed E-state index contributed by atoms with van der Waals surface area (Å²) < 4.78 is 0. The second-order valence-electron chi connectivity index (χ2n) is 6.24. The number of carboxylic acid groups (broad SMARTS) is 2. The molecule has 0 spiro atoms. The Morgan fingerprint density at radius 1 is 0.923 bits per heavy atom. The largest absolute Gasteiger partial charge is 0.480 e. The molecule has 0 bridgehead atoms. The van der Waals surface area contributed by atoms with Gasteiger partial charge in [-0.2, -0.15) is 0 Å². The maximum absolute atomic E-state index is 11.5. The molecule has 0 aliphatic rings. The van der Waals surface area contributed by atoms with Crippen LogP contribution in [0, 0.1) is 0 Å². The number of nitrogens with one attached hydrogen (secondary N) is 2. The highest BCUT2D eigenvalue weighted by molar-refractivity contribution is 5.83. The molecule has 0 fully saturated rings. The number of carboxylic acids is 2. The third kappa shape index (κ3) is 5.80. The van der Waals surface area contributed by atoms with Gasteiger partial charge in [0.1, 0.15) is 12.1 Å². The van der Waals surface area contributed by atoms with Gasteiger partial charge < -0.3 is 15.9 Å². The lowest BCUT2D eigenvalue weighted by Gasteiger charge is -2.20. The van der Waals surface area contributed by atoms with Crippen molar-refractivity contribution in [3.05, 3.63) is 48.0 Å². The number of hydrogen-bond donors (Lipinski definition) is 5. The lowest BCUT2D eigenvalue weighted by atomic mass is 10.0. The van der Waals surface area contributed by atoms with Crippen molar-refractivity contribution in [3.8, 4) is 0 Å². The van der Waals surface area contributed by atoms with E-state index in [1.54, 1.807) is 0 Å². The number of hydrazine groups is 1. The van der Waals surface area contributed by atoms with Gasteiger partial charge in [-0.05, 0) is 48.6 Å². The van der Waals surface area contributed by atoms with E-state index in [0.29, 0.717) is 19.4 Å². The highest BCUT2D eigenvalue weighted by atomic mass is 16.4. The summed E-state index contributed by atoms with van der Waals surface area (Å²) in [6.45, 7) is 0.499. The highest BCUT2D eigenvalue weighted by Crippen LogP contribution is 2.16. The van der Waals surface area contributed by atoms with E-state index in [-0.39, 0.29) is 6.42 Å². The Hall–Kier alpha value is -2.48. The molecule has 2 atom stereocenters. The fourth-order valence-corrected chi connectivity index (χ4v) is 2.75. The van der Waals surface area contributed by atoms with Crippen molar-refractivity contribution in [1.82, 2.24) is 10.9 Å². The minimum absolute atomic E-state index is 0.238. The van der Waals surface area contributed by atoms with Gasteiger partial charge in [0.2, 0.25) is 0 Å². The fourth-order valence-electron chi connectivity index (χ4n) is 2.75. The summed E-state index contributed by atoms with van der Waals surface area (Å²) in [5.41, 5.74) is 11.6. The quantitative estimate of drug-likeness (QED) is 0.304. The van der Waals surface area contributed by atoms with Crippen LogP contribution in [0.5, 0.6) is 0 Å². The van der Waals surface area contributed by atoms with Crippen molar-refractivity contribution < 1.29 is 19.8 Å². The zero-order valence-electron chi connectivity index (χ0n) is 14.5. The van der Waals surface area contributed by atoms with Gasteiger partial charge in [0.25, 0.3) is 0 Å². The first-order valence-electron chi connectivity index (χ1n) is 8.65. The summed E-state index contributed by atoms with van der Waals surface area (Å²) >= 11 is 0. The summed E-state index contributed by atoms with van der Waals surface area (Å²) in [7, 11) is 0. The number of aliphatic carboxylic acids is 2. The zero-order valence-corrected chi connectivity index (χ0v) is 14.5. The molecule has 0 aliphatic heterocycles. The van der Waals surface area contributed by atoms with E-state index in [9.17, 15) is 19.8 Å². The lowest BCUT2D eigenvalue weighted by Crippen LogP contribution is -2.53. The number of benzene rings is 2. The van der Waals surface area contributed by atoms with Crippen LogP contribution in [0.2, 0.25) is 0 Å². The van der Waals surface area contributed by atoms with Crippen molar-refractivity contribution in [2.75, 3.05) is 6.54 Å². The third-order valence-electron chi connectivity index (χ3n) is 4.23. The van der Waals surface area contributed by atoms with E-state index in [0.717, 1.165) is 22.8 Å². The van der Waals surface area contributed by atoms with Gasteiger partial charge >= 0.3 is 11.9 Å². The molecule has 7 nitrogen and oxygen atoms in total. The first kappa shape index (κ1) is 19.8. The molecule has 2 aromatic rings. The minimum atomic E-state index is -1.04. The van der Waals surface area contributed by atoms with Crippen LogP contribution < -0.4 is 16.6 Å². The summed E-state index contributed by atoms with van der Waals surface area (Å²) in [6, 6.07) is 11.8. The first-order valence-corrected chi connectivity index (χ1v) is 8.65. The van der Waals surface area contributed by atoms with E-state index < -0.39 is 24.0 Å². The molecule has 0 saturated heterocycles. The van der Waals surface area contributed by atoms with Gasteiger partial charge in [-0.3, -0.25) is 9.59 Å². The van der Waals surface area contributed by atoms with E-state index in [2.05, 4.69) is 10.9 Å². The SMILES string of the molecule is NCCCC[C@H](NN[C@@H](Cc1ccc2ccccc2c1)C(=O)O)C(=O)O. The average molecular weight is 359 g/mol. The summed E-state index contributed by atoms with van der Waals surface area (Å²) in [5.74, 6) is -2.07. The van der Waals surface area contributed by atoms with Crippen LogP contribution in [0.4, 0.5) is 0 Å². The monoisotopic (exact) mass is 359 g/mol. The summed E-state index contributed by atoms with van der Waals surface area (Å²) in [6.07, 6.45) is 2.00. The molecule has 6 N–H and O–H groups in total. The van der Waals surface area contributed by atoms with Crippen molar-refractivity contribution in [1.29, 1.82) is 0 Å². The van der Waals surface area contributed by atoms with Crippen LogP contribution in [0.1, 0.15) is 24.8 Å². The number of unbranched alkanes of at least 4 members (excludes halogenated alkanes) is 1. The van der Waals surface area contributed by atoms with Crippen molar-refractivity contribution in [2.45, 2.75) is 37.8 Å². The number of carbonyl (C=O) groups is 2. The van der Waals surface area contributed by atoms with Crippen LogP contribution >= 0.6 is 0 Å².